The van der Waals surface area contributed by atoms with E-state index in [-0.39, 0.29) is 11.1 Å². The van der Waals surface area contributed by atoms with Gasteiger partial charge in [0.05, 0.1) is 0 Å². The number of halogens is 4. The Bertz CT molecular complexity index is 680. The predicted molar refractivity (Wildman–Crippen MR) is 71.6 cm³/mol. The van der Waals surface area contributed by atoms with Gasteiger partial charge in [-0.1, -0.05) is 12.1 Å². The first-order valence-electron chi connectivity index (χ1n) is 6.72. The highest BCUT2D eigenvalue weighted by molar-refractivity contribution is 5.64. The largest absolute Gasteiger partial charge is 0.310 e. The molecule has 0 saturated heterocycles. The molecule has 0 amide bonds. The standard InChI is InChI=1S/C16H13F4N/c17-13-6-5-12(15(19)16(13)20)9-1-2-10(14(18)7-9)8-21-11-3-4-11/h1-2,5-7,11,21H,3-4,8H2. The molecule has 110 valence electrons. The molecule has 0 spiro atoms. The second-order valence-corrected chi connectivity index (χ2v) is 5.18. The van der Waals surface area contributed by atoms with E-state index in [2.05, 4.69) is 5.32 Å². The minimum atomic E-state index is -1.55. The van der Waals surface area contributed by atoms with Crippen LogP contribution in [0.2, 0.25) is 0 Å². The molecule has 1 nitrogen and oxygen atoms in total. The van der Waals surface area contributed by atoms with E-state index in [0.717, 1.165) is 31.0 Å². The quantitative estimate of drug-likeness (QED) is 0.659. The fourth-order valence-corrected chi connectivity index (χ4v) is 2.15. The molecule has 2 aromatic carbocycles. The zero-order valence-electron chi connectivity index (χ0n) is 11.1. The summed E-state index contributed by atoms with van der Waals surface area (Å²) >= 11 is 0. The summed E-state index contributed by atoms with van der Waals surface area (Å²) in [6, 6.07) is 6.55. The van der Waals surface area contributed by atoms with Crippen molar-refractivity contribution in [3.05, 3.63) is 59.2 Å². The highest BCUT2D eigenvalue weighted by atomic mass is 19.2. The first kappa shape index (κ1) is 14.1. The Balaban J connectivity index is 1.89. The van der Waals surface area contributed by atoms with Crippen LogP contribution in [0.3, 0.4) is 0 Å². The molecule has 0 bridgehead atoms. The van der Waals surface area contributed by atoms with E-state index in [0.29, 0.717) is 18.2 Å². The van der Waals surface area contributed by atoms with Crippen LogP contribution in [0.4, 0.5) is 17.6 Å². The highest BCUT2D eigenvalue weighted by Crippen LogP contribution is 2.27. The predicted octanol–water partition coefficient (Wildman–Crippen LogP) is 4.16. The maximum atomic E-state index is 14.0. The highest BCUT2D eigenvalue weighted by Gasteiger charge is 2.21. The van der Waals surface area contributed by atoms with Crippen LogP contribution < -0.4 is 5.32 Å². The van der Waals surface area contributed by atoms with Crippen LogP contribution in [0, 0.1) is 23.3 Å². The van der Waals surface area contributed by atoms with Crippen molar-refractivity contribution in [2.24, 2.45) is 0 Å². The third-order valence-corrected chi connectivity index (χ3v) is 3.56. The third kappa shape index (κ3) is 2.93. The summed E-state index contributed by atoms with van der Waals surface area (Å²) in [5.74, 6) is -4.61. The van der Waals surface area contributed by atoms with E-state index in [1.54, 1.807) is 0 Å². The summed E-state index contributed by atoms with van der Waals surface area (Å²) in [7, 11) is 0. The first-order valence-corrected chi connectivity index (χ1v) is 6.72. The molecular formula is C16H13F4N. The van der Waals surface area contributed by atoms with Crippen LogP contribution >= 0.6 is 0 Å². The van der Waals surface area contributed by atoms with Gasteiger partial charge in [0.15, 0.2) is 17.5 Å². The minimum absolute atomic E-state index is 0.158. The fraction of sp³-hybridized carbons (Fsp3) is 0.250. The second-order valence-electron chi connectivity index (χ2n) is 5.18. The Kier molecular flexibility index (Phi) is 3.68. The summed E-state index contributed by atoms with van der Waals surface area (Å²) in [5, 5.41) is 3.18. The summed E-state index contributed by atoms with van der Waals surface area (Å²) in [4.78, 5) is 0. The van der Waals surface area contributed by atoms with E-state index in [1.807, 2.05) is 0 Å². The molecule has 1 fully saturated rings. The monoisotopic (exact) mass is 295 g/mol. The molecule has 0 aromatic heterocycles. The zero-order chi connectivity index (χ0) is 15.0. The molecule has 5 heteroatoms. The minimum Gasteiger partial charge on any atom is -0.310 e. The van der Waals surface area contributed by atoms with Gasteiger partial charge in [0.1, 0.15) is 5.82 Å². The van der Waals surface area contributed by atoms with Gasteiger partial charge in [0, 0.05) is 23.7 Å². The molecular weight excluding hydrogens is 282 g/mol. The number of hydrogen-bond donors (Lipinski definition) is 1. The molecule has 1 N–H and O–H groups in total. The summed E-state index contributed by atoms with van der Waals surface area (Å²) in [6.45, 7) is 0.400. The number of nitrogens with one attached hydrogen (secondary N) is 1. The van der Waals surface area contributed by atoms with Crippen LogP contribution in [-0.2, 0) is 6.54 Å². The molecule has 1 aliphatic carbocycles. The molecule has 0 unspecified atom stereocenters. The molecule has 0 radical (unpaired) electrons. The van der Waals surface area contributed by atoms with E-state index in [1.165, 1.54) is 12.1 Å². The van der Waals surface area contributed by atoms with Gasteiger partial charge in [-0.25, -0.2) is 17.6 Å². The van der Waals surface area contributed by atoms with Gasteiger partial charge in [0.2, 0.25) is 0 Å². The van der Waals surface area contributed by atoms with Crippen molar-refractivity contribution >= 4 is 0 Å². The lowest BCUT2D eigenvalue weighted by molar-refractivity contribution is 0.449. The van der Waals surface area contributed by atoms with Crippen molar-refractivity contribution in [1.29, 1.82) is 0 Å². The normalized spacial score (nSPS) is 14.5. The molecule has 0 atom stereocenters. The molecule has 2 aromatic rings. The van der Waals surface area contributed by atoms with Crippen LogP contribution in [0.15, 0.2) is 30.3 Å². The summed E-state index contributed by atoms with van der Waals surface area (Å²) < 4.78 is 53.8. The van der Waals surface area contributed by atoms with Gasteiger partial charge in [-0.3, -0.25) is 0 Å². The molecule has 1 saturated carbocycles. The van der Waals surface area contributed by atoms with E-state index in [4.69, 9.17) is 0 Å². The number of rotatable bonds is 4. The van der Waals surface area contributed by atoms with E-state index < -0.39 is 23.3 Å². The molecule has 1 aliphatic rings. The summed E-state index contributed by atoms with van der Waals surface area (Å²) in [5.41, 5.74) is 0.488. The van der Waals surface area contributed by atoms with Crippen LogP contribution in [0.1, 0.15) is 18.4 Å². The third-order valence-electron chi connectivity index (χ3n) is 3.56. The van der Waals surface area contributed by atoms with Crippen LogP contribution in [0.5, 0.6) is 0 Å². The number of hydrogen-bond acceptors (Lipinski definition) is 1. The lowest BCUT2D eigenvalue weighted by Gasteiger charge is -2.09. The van der Waals surface area contributed by atoms with E-state index in [9.17, 15) is 17.6 Å². The molecule has 3 rings (SSSR count). The molecule has 21 heavy (non-hydrogen) atoms. The van der Waals surface area contributed by atoms with Gasteiger partial charge in [0.25, 0.3) is 0 Å². The maximum absolute atomic E-state index is 14.0. The Hall–Kier alpha value is -1.88. The zero-order valence-corrected chi connectivity index (χ0v) is 11.1. The Morgan fingerprint density at radius 1 is 0.905 bits per heavy atom. The van der Waals surface area contributed by atoms with Gasteiger partial charge >= 0.3 is 0 Å². The maximum Gasteiger partial charge on any atom is 0.195 e. The Labute approximate surface area is 119 Å². The van der Waals surface area contributed by atoms with Gasteiger partial charge in [-0.15, -0.1) is 0 Å². The van der Waals surface area contributed by atoms with Gasteiger partial charge < -0.3 is 5.32 Å². The lowest BCUT2D eigenvalue weighted by atomic mass is 10.0. The van der Waals surface area contributed by atoms with Crippen LogP contribution in [-0.4, -0.2) is 6.04 Å². The fourth-order valence-electron chi connectivity index (χ4n) is 2.15. The topological polar surface area (TPSA) is 12.0 Å². The first-order chi connectivity index (χ1) is 10.1. The van der Waals surface area contributed by atoms with Gasteiger partial charge in [-0.2, -0.15) is 0 Å². The van der Waals surface area contributed by atoms with Crippen molar-refractivity contribution in [3.8, 4) is 11.1 Å². The average Bonchev–Trinajstić information content (AvgIpc) is 3.28. The van der Waals surface area contributed by atoms with Crippen molar-refractivity contribution in [2.75, 3.05) is 0 Å². The average molecular weight is 295 g/mol. The van der Waals surface area contributed by atoms with Gasteiger partial charge in [-0.05, 0) is 36.6 Å². The summed E-state index contributed by atoms with van der Waals surface area (Å²) in [6.07, 6.45) is 2.19. The Morgan fingerprint density at radius 3 is 2.33 bits per heavy atom. The van der Waals surface area contributed by atoms with Crippen molar-refractivity contribution < 1.29 is 17.6 Å². The number of benzene rings is 2. The van der Waals surface area contributed by atoms with Crippen molar-refractivity contribution in [3.63, 3.8) is 0 Å². The SMILES string of the molecule is Fc1cc(-c2ccc(F)c(F)c2F)ccc1CNC1CC1. The molecule has 0 aliphatic heterocycles. The smallest absolute Gasteiger partial charge is 0.195 e. The second kappa shape index (κ2) is 5.48. The van der Waals surface area contributed by atoms with Crippen molar-refractivity contribution in [1.82, 2.24) is 5.32 Å². The molecule has 0 heterocycles. The lowest BCUT2D eigenvalue weighted by Crippen LogP contribution is -2.16. The van der Waals surface area contributed by atoms with E-state index >= 15 is 0 Å². The van der Waals surface area contributed by atoms with Crippen molar-refractivity contribution in [2.45, 2.75) is 25.4 Å². The van der Waals surface area contributed by atoms with Crippen LogP contribution in [0.25, 0.3) is 11.1 Å². The Morgan fingerprint density at radius 2 is 1.67 bits per heavy atom.